The molecule has 0 aliphatic carbocycles. The molecule has 0 spiro atoms. The summed E-state index contributed by atoms with van der Waals surface area (Å²) >= 11 is 0. The van der Waals surface area contributed by atoms with Crippen LogP contribution >= 0.6 is 0 Å². The van der Waals surface area contributed by atoms with Crippen molar-refractivity contribution in [1.82, 2.24) is 4.90 Å². The predicted octanol–water partition coefficient (Wildman–Crippen LogP) is 3.99. The zero-order chi connectivity index (χ0) is 23.4. The van der Waals surface area contributed by atoms with E-state index in [0.29, 0.717) is 23.7 Å². The van der Waals surface area contributed by atoms with Crippen LogP contribution in [0.4, 0.5) is 4.39 Å². The number of hydrogen-bond acceptors (Lipinski definition) is 4. The normalized spacial score (nSPS) is 15.0. The van der Waals surface area contributed by atoms with Crippen LogP contribution in [0.1, 0.15) is 22.3 Å². The van der Waals surface area contributed by atoms with Gasteiger partial charge in [0.05, 0.1) is 13.5 Å². The van der Waals surface area contributed by atoms with Gasteiger partial charge in [-0.15, -0.1) is 0 Å². The van der Waals surface area contributed by atoms with E-state index in [-0.39, 0.29) is 25.3 Å². The van der Waals surface area contributed by atoms with E-state index in [0.717, 1.165) is 16.7 Å². The number of halogens is 1. The number of carboxylic acid groups (broad SMARTS) is 1. The Morgan fingerprint density at radius 2 is 1.76 bits per heavy atom. The summed E-state index contributed by atoms with van der Waals surface area (Å²) in [7, 11) is 1.53. The quantitative estimate of drug-likeness (QED) is 0.590. The molecule has 1 atom stereocenters. The Hall–Kier alpha value is -3.87. The van der Waals surface area contributed by atoms with E-state index in [4.69, 9.17) is 9.47 Å². The highest BCUT2D eigenvalue weighted by atomic mass is 19.1. The SMILES string of the molecule is COc1ccc2c(c1OCc1ccccc1)CC(C(=O)O)N(C(=O)Cc1ccc(F)cc1)C2. The number of rotatable bonds is 7. The van der Waals surface area contributed by atoms with Crippen molar-refractivity contribution in [1.29, 1.82) is 0 Å². The molecular formula is C26H24FNO5. The molecule has 0 saturated carbocycles. The third-order valence-corrected chi connectivity index (χ3v) is 5.76. The average Bonchev–Trinajstić information content (AvgIpc) is 2.83. The van der Waals surface area contributed by atoms with E-state index in [2.05, 4.69) is 0 Å². The van der Waals surface area contributed by atoms with E-state index in [1.165, 1.54) is 36.3 Å². The van der Waals surface area contributed by atoms with Crippen molar-refractivity contribution >= 4 is 11.9 Å². The second-order valence-corrected chi connectivity index (χ2v) is 7.89. The standard InChI is InChI=1S/C26H24FNO5/c1-32-23-12-9-19-15-28(24(29)13-17-7-10-20(27)11-8-17)22(26(30)31)14-21(19)25(23)33-16-18-5-3-2-4-6-18/h2-12,22H,13-16H2,1H3,(H,30,31). The van der Waals surface area contributed by atoms with E-state index in [1.54, 1.807) is 6.07 Å². The van der Waals surface area contributed by atoms with Crippen LogP contribution in [0.3, 0.4) is 0 Å². The van der Waals surface area contributed by atoms with Gasteiger partial charge in [0.1, 0.15) is 18.5 Å². The molecule has 33 heavy (non-hydrogen) atoms. The van der Waals surface area contributed by atoms with Crippen LogP contribution in [0.2, 0.25) is 0 Å². The summed E-state index contributed by atoms with van der Waals surface area (Å²) in [6.07, 6.45) is 0.0913. The van der Waals surface area contributed by atoms with Gasteiger partial charge in [0.25, 0.3) is 0 Å². The summed E-state index contributed by atoms with van der Waals surface area (Å²) in [5.41, 5.74) is 3.13. The van der Waals surface area contributed by atoms with Crippen molar-refractivity contribution in [2.24, 2.45) is 0 Å². The first-order valence-corrected chi connectivity index (χ1v) is 10.6. The lowest BCUT2D eigenvalue weighted by molar-refractivity contribution is -0.151. The number of carboxylic acids is 1. The number of amides is 1. The Labute approximate surface area is 191 Å². The molecule has 7 heteroatoms. The summed E-state index contributed by atoms with van der Waals surface area (Å²) in [4.78, 5) is 26.5. The van der Waals surface area contributed by atoms with Crippen molar-refractivity contribution in [3.8, 4) is 11.5 Å². The second kappa shape index (κ2) is 9.73. The fourth-order valence-electron chi connectivity index (χ4n) is 4.03. The molecule has 0 radical (unpaired) electrons. The van der Waals surface area contributed by atoms with Crippen LogP contribution in [0.25, 0.3) is 0 Å². The molecule has 1 aliphatic heterocycles. The molecule has 1 unspecified atom stereocenters. The van der Waals surface area contributed by atoms with Gasteiger partial charge in [-0.3, -0.25) is 4.79 Å². The van der Waals surface area contributed by atoms with Gasteiger partial charge in [-0.05, 0) is 34.9 Å². The molecule has 0 saturated heterocycles. The third kappa shape index (κ3) is 4.98. The lowest BCUT2D eigenvalue weighted by Gasteiger charge is -2.35. The van der Waals surface area contributed by atoms with Gasteiger partial charge in [-0.2, -0.15) is 0 Å². The highest BCUT2D eigenvalue weighted by molar-refractivity contribution is 5.86. The smallest absolute Gasteiger partial charge is 0.326 e. The summed E-state index contributed by atoms with van der Waals surface area (Å²) < 4.78 is 24.7. The monoisotopic (exact) mass is 449 g/mol. The van der Waals surface area contributed by atoms with Gasteiger partial charge in [-0.25, -0.2) is 9.18 Å². The minimum absolute atomic E-state index is 0.00703. The number of aliphatic carboxylic acids is 1. The largest absolute Gasteiger partial charge is 0.493 e. The Morgan fingerprint density at radius 3 is 2.42 bits per heavy atom. The van der Waals surface area contributed by atoms with Crippen LogP contribution in [0.15, 0.2) is 66.7 Å². The zero-order valence-corrected chi connectivity index (χ0v) is 18.2. The Balaban J connectivity index is 1.61. The first-order valence-electron chi connectivity index (χ1n) is 10.6. The minimum atomic E-state index is -1.09. The Kier molecular flexibility index (Phi) is 6.58. The average molecular weight is 449 g/mol. The fraction of sp³-hybridized carbons (Fsp3) is 0.231. The molecule has 4 rings (SSSR count). The lowest BCUT2D eigenvalue weighted by atomic mass is 9.92. The van der Waals surface area contributed by atoms with Crippen LogP contribution in [0, 0.1) is 5.82 Å². The molecule has 170 valence electrons. The highest BCUT2D eigenvalue weighted by Gasteiger charge is 2.36. The predicted molar refractivity (Wildman–Crippen MR) is 120 cm³/mol. The number of methoxy groups -OCH3 is 1. The van der Waals surface area contributed by atoms with Crippen molar-refractivity contribution in [3.05, 3.63) is 94.8 Å². The van der Waals surface area contributed by atoms with Crippen molar-refractivity contribution in [2.75, 3.05) is 7.11 Å². The molecule has 1 amide bonds. The van der Waals surface area contributed by atoms with Gasteiger partial charge < -0.3 is 19.5 Å². The maximum absolute atomic E-state index is 13.2. The molecule has 0 bridgehead atoms. The van der Waals surface area contributed by atoms with Crippen LogP contribution in [-0.4, -0.2) is 35.0 Å². The molecule has 0 aromatic heterocycles. The fourth-order valence-corrected chi connectivity index (χ4v) is 4.03. The van der Waals surface area contributed by atoms with Crippen LogP contribution in [-0.2, 0) is 35.6 Å². The topological polar surface area (TPSA) is 76.1 Å². The summed E-state index contributed by atoms with van der Waals surface area (Å²) in [5.74, 6) is -0.804. The maximum Gasteiger partial charge on any atom is 0.326 e. The molecule has 1 aliphatic rings. The second-order valence-electron chi connectivity index (χ2n) is 7.89. The van der Waals surface area contributed by atoms with Gasteiger partial charge in [0, 0.05) is 18.5 Å². The van der Waals surface area contributed by atoms with Gasteiger partial charge >= 0.3 is 5.97 Å². The number of fused-ring (bicyclic) bond motifs is 1. The molecule has 0 fully saturated rings. The van der Waals surface area contributed by atoms with Crippen LogP contribution < -0.4 is 9.47 Å². The molecular weight excluding hydrogens is 425 g/mol. The summed E-state index contributed by atoms with van der Waals surface area (Å²) in [6, 6.07) is 17.8. The summed E-state index contributed by atoms with van der Waals surface area (Å²) in [6.45, 7) is 0.441. The molecule has 1 heterocycles. The number of nitrogens with zero attached hydrogens (tertiary/aromatic N) is 1. The lowest BCUT2D eigenvalue weighted by Crippen LogP contribution is -2.49. The Morgan fingerprint density at radius 1 is 1.03 bits per heavy atom. The highest BCUT2D eigenvalue weighted by Crippen LogP contribution is 2.39. The molecule has 3 aromatic rings. The van der Waals surface area contributed by atoms with Crippen molar-refractivity contribution < 1.29 is 28.6 Å². The number of carbonyl (C=O) groups excluding carboxylic acids is 1. The molecule has 1 N–H and O–H groups in total. The maximum atomic E-state index is 13.2. The first kappa shape index (κ1) is 22.3. The van der Waals surface area contributed by atoms with Gasteiger partial charge in [0.2, 0.25) is 5.91 Å². The summed E-state index contributed by atoms with van der Waals surface area (Å²) in [5, 5.41) is 9.90. The van der Waals surface area contributed by atoms with Crippen LogP contribution in [0.5, 0.6) is 11.5 Å². The van der Waals surface area contributed by atoms with E-state index in [1.807, 2.05) is 36.4 Å². The number of carbonyl (C=O) groups is 2. The van der Waals surface area contributed by atoms with Crippen molar-refractivity contribution in [3.63, 3.8) is 0 Å². The number of hydrogen-bond donors (Lipinski definition) is 1. The molecule has 6 nitrogen and oxygen atoms in total. The minimum Gasteiger partial charge on any atom is -0.493 e. The number of benzene rings is 3. The van der Waals surface area contributed by atoms with Gasteiger partial charge in [-0.1, -0.05) is 48.5 Å². The first-order chi connectivity index (χ1) is 16.0. The van der Waals surface area contributed by atoms with E-state index in [9.17, 15) is 19.1 Å². The third-order valence-electron chi connectivity index (χ3n) is 5.76. The Bertz CT molecular complexity index is 1150. The number of ether oxygens (including phenoxy) is 2. The van der Waals surface area contributed by atoms with E-state index < -0.39 is 17.8 Å². The zero-order valence-electron chi connectivity index (χ0n) is 18.2. The van der Waals surface area contributed by atoms with E-state index >= 15 is 0 Å². The molecule has 3 aromatic carbocycles. The van der Waals surface area contributed by atoms with Crippen molar-refractivity contribution in [2.45, 2.75) is 32.0 Å². The van der Waals surface area contributed by atoms with Gasteiger partial charge in [0.15, 0.2) is 11.5 Å².